The minimum absolute atomic E-state index is 0.0567. The molecule has 0 fully saturated rings. The van der Waals surface area contributed by atoms with Gasteiger partial charge in [-0.25, -0.2) is 0 Å². The van der Waals surface area contributed by atoms with Crippen LogP contribution in [0.3, 0.4) is 0 Å². The Morgan fingerprint density at radius 2 is 1.86 bits per heavy atom. The van der Waals surface area contributed by atoms with Gasteiger partial charge >= 0.3 is 0 Å². The van der Waals surface area contributed by atoms with Crippen LogP contribution >= 0.6 is 0 Å². The lowest BCUT2D eigenvalue weighted by molar-refractivity contribution is -0.110. The van der Waals surface area contributed by atoms with E-state index in [0.29, 0.717) is 18.4 Å². The highest BCUT2D eigenvalue weighted by atomic mass is 16.3. The Balaban J connectivity index is 1.79. The van der Waals surface area contributed by atoms with Gasteiger partial charge in [0.1, 0.15) is 0 Å². The predicted octanol–water partition coefficient (Wildman–Crippen LogP) is 3.11. The molecule has 1 amide bonds. The first-order valence-electron chi connectivity index (χ1n) is 7.61. The van der Waals surface area contributed by atoms with Crippen LogP contribution in [0.4, 0.5) is 5.69 Å². The molecule has 2 unspecified atom stereocenters. The van der Waals surface area contributed by atoms with Gasteiger partial charge in [0.05, 0.1) is 6.10 Å². The van der Waals surface area contributed by atoms with Crippen molar-refractivity contribution in [1.82, 2.24) is 0 Å². The average Bonchev–Trinajstić information content (AvgIpc) is 2.83. The zero-order chi connectivity index (χ0) is 15.1. The number of amides is 1. The zero-order valence-electron chi connectivity index (χ0n) is 12.1. The maximum atomic E-state index is 12.3. The van der Waals surface area contributed by atoms with Gasteiger partial charge in [0.15, 0.2) is 0 Å². The number of carbonyl (C=O) groups excluding carboxylic acids is 1. The highest BCUT2D eigenvalue weighted by molar-refractivity contribution is 6.31. The quantitative estimate of drug-likeness (QED) is 0.793. The van der Waals surface area contributed by atoms with Crippen LogP contribution in [0.2, 0.25) is 0 Å². The Morgan fingerprint density at radius 3 is 2.77 bits per heavy atom. The third-order valence-corrected chi connectivity index (χ3v) is 4.51. The van der Waals surface area contributed by atoms with E-state index in [-0.39, 0.29) is 17.9 Å². The third kappa shape index (κ3) is 2.14. The number of carbonyl (C=O) groups is 1. The van der Waals surface area contributed by atoms with Crippen LogP contribution in [-0.2, 0) is 11.2 Å². The van der Waals surface area contributed by atoms with Crippen LogP contribution in [0.15, 0.2) is 54.6 Å². The minimum Gasteiger partial charge on any atom is -0.393 e. The molecular formula is C19H17NO2. The highest BCUT2D eigenvalue weighted by Gasteiger charge is 2.28. The molecule has 0 radical (unpaired) electrons. The molecule has 3 heteroatoms. The summed E-state index contributed by atoms with van der Waals surface area (Å²) in [6.45, 7) is 0. The number of para-hydroxylation sites is 1. The fourth-order valence-corrected chi connectivity index (χ4v) is 3.50. The normalized spacial score (nSPS) is 24.8. The molecular weight excluding hydrogens is 274 g/mol. The summed E-state index contributed by atoms with van der Waals surface area (Å²) >= 11 is 0. The van der Waals surface area contributed by atoms with Crippen LogP contribution in [-0.4, -0.2) is 17.1 Å². The maximum Gasteiger partial charge on any atom is 0.256 e. The number of benzene rings is 2. The highest BCUT2D eigenvalue weighted by Crippen LogP contribution is 2.38. The first-order valence-corrected chi connectivity index (χ1v) is 7.61. The van der Waals surface area contributed by atoms with Gasteiger partial charge in [0, 0.05) is 22.7 Å². The molecule has 1 aliphatic heterocycles. The number of nitrogens with one attached hydrogen (secondary N) is 1. The van der Waals surface area contributed by atoms with Crippen molar-refractivity contribution in [3.63, 3.8) is 0 Å². The average molecular weight is 291 g/mol. The summed E-state index contributed by atoms with van der Waals surface area (Å²) in [5.41, 5.74) is 4.92. The Labute approximate surface area is 129 Å². The fraction of sp³-hybridized carbons (Fsp3) is 0.211. The molecule has 2 atom stereocenters. The molecule has 2 aliphatic rings. The number of hydrogen-bond acceptors (Lipinski definition) is 2. The van der Waals surface area contributed by atoms with E-state index >= 15 is 0 Å². The molecule has 0 bridgehead atoms. The molecule has 0 aromatic heterocycles. The second kappa shape index (κ2) is 5.11. The minimum atomic E-state index is -0.351. The molecule has 110 valence electrons. The second-order valence-corrected chi connectivity index (χ2v) is 5.98. The van der Waals surface area contributed by atoms with Crippen molar-refractivity contribution in [2.75, 3.05) is 5.32 Å². The van der Waals surface area contributed by atoms with Gasteiger partial charge in [0.25, 0.3) is 5.91 Å². The SMILES string of the molecule is O=C1Nc2ccccc2C1=CC1CC(O)Cc2ccccc21. The summed E-state index contributed by atoms with van der Waals surface area (Å²) < 4.78 is 0. The molecule has 1 aliphatic carbocycles. The third-order valence-electron chi connectivity index (χ3n) is 4.51. The van der Waals surface area contributed by atoms with Gasteiger partial charge in [-0.3, -0.25) is 4.79 Å². The smallest absolute Gasteiger partial charge is 0.256 e. The summed E-state index contributed by atoms with van der Waals surface area (Å²) in [7, 11) is 0. The molecule has 0 saturated heterocycles. The molecule has 0 saturated carbocycles. The number of rotatable bonds is 1. The number of allylic oxidation sites excluding steroid dienone is 1. The molecule has 1 heterocycles. The lowest BCUT2D eigenvalue weighted by Crippen LogP contribution is -2.22. The van der Waals surface area contributed by atoms with Crippen molar-refractivity contribution in [1.29, 1.82) is 0 Å². The Morgan fingerprint density at radius 1 is 1.09 bits per heavy atom. The molecule has 22 heavy (non-hydrogen) atoms. The zero-order valence-corrected chi connectivity index (χ0v) is 12.1. The Hall–Kier alpha value is -2.39. The first kappa shape index (κ1) is 13.3. The topological polar surface area (TPSA) is 49.3 Å². The van der Waals surface area contributed by atoms with Crippen molar-refractivity contribution < 1.29 is 9.90 Å². The van der Waals surface area contributed by atoms with Gasteiger partial charge in [-0.05, 0) is 30.0 Å². The number of anilines is 1. The predicted molar refractivity (Wildman–Crippen MR) is 86.6 cm³/mol. The summed E-state index contributed by atoms with van der Waals surface area (Å²) in [6.07, 6.45) is 3.02. The Bertz CT molecular complexity index is 779. The van der Waals surface area contributed by atoms with Crippen LogP contribution in [0.25, 0.3) is 5.57 Å². The van der Waals surface area contributed by atoms with E-state index in [4.69, 9.17) is 0 Å². The van der Waals surface area contributed by atoms with E-state index < -0.39 is 0 Å². The van der Waals surface area contributed by atoms with Crippen molar-refractivity contribution >= 4 is 17.2 Å². The van der Waals surface area contributed by atoms with Gasteiger partial charge in [-0.2, -0.15) is 0 Å². The molecule has 2 aromatic rings. The molecule has 2 N–H and O–H groups in total. The van der Waals surface area contributed by atoms with Gasteiger partial charge < -0.3 is 10.4 Å². The molecule has 0 spiro atoms. The first-order chi connectivity index (χ1) is 10.7. The van der Waals surface area contributed by atoms with E-state index in [1.165, 1.54) is 11.1 Å². The van der Waals surface area contributed by atoms with Crippen molar-refractivity contribution in [3.05, 3.63) is 71.3 Å². The number of aliphatic hydroxyl groups is 1. The van der Waals surface area contributed by atoms with Crippen LogP contribution in [0, 0.1) is 0 Å². The van der Waals surface area contributed by atoms with Crippen molar-refractivity contribution in [2.45, 2.75) is 24.9 Å². The van der Waals surface area contributed by atoms with E-state index in [1.54, 1.807) is 0 Å². The van der Waals surface area contributed by atoms with Crippen molar-refractivity contribution in [3.8, 4) is 0 Å². The lowest BCUT2D eigenvalue weighted by Gasteiger charge is -2.27. The number of hydrogen-bond donors (Lipinski definition) is 2. The van der Waals surface area contributed by atoms with E-state index in [9.17, 15) is 9.90 Å². The van der Waals surface area contributed by atoms with Gasteiger partial charge in [-0.15, -0.1) is 0 Å². The number of aliphatic hydroxyl groups excluding tert-OH is 1. The number of fused-ring (bicyclic) bond motifs is 2. The van der Waals surface area contributed by atoms with Gasteiger partial charge in [0.2, 0.25) is 0 Å². The fourth-order valence-electron chi connectivity index (χ4n) is 3.50. The summed E-state index contributed by atoms with van der Waals surface area (Å²) in [4.78, 5) is 12.3. The van der Waals surface area contributed by atoms with Crippen molar-refractivity contribution in [2.24, 2.45) is 0 Å². The summed E-state index contributed by atoms with van der Waals surface area (Å²) in [5.74, 6) is 0.0191. The van der Waals surface area contributed by atoms with Crippen LogP contribution in [0.1, 0.15) is 29.0 Å². The second-order valence-electron chi connectivity index (χ2n) is 5.98. The molecule has 3 nitrogen and oxygen atoms in total. The van der Waals surface area contributed by atoms with E-state index in [1.807, 2.05) is 42.5 Å². The van der Waals surface area contributed by atoms with E-state index in [2.05, 4.69) is 17.4 Å². The monoisotopic (exact) mass is 291 g/mol. The van der Waals surface area contributed by atoms with Gasteiger partial charge in [-0.1, -0.05) is 48.5 Å². The summed E-state index contributed by atoms with van der Waals surface area (Å²) in [5, 5.41) is 13.0. The molecule has 4 rings (SSSR count). The largest absolute Gasteiger partial charge is 0.393 e. The van der Waals surface area contributed by atoms with Crippen LogP contribution < -0.4 is 5.32 Å². The maximum absolute atomic E-state index is 12.3. The standard InChI is InChI=1S/C19H17NO2/c21-14-9-12-5-1-2-6-15(12)13(10-14)11-17-16-7-3-4-8-18(16)20-19(17)22/h1-8,11,13-14,21H,9-10H2,(H,20,22). The molecule has 2 aromatic carbocycles. The lowest BCUT2D eigenvalue weighted by atomic mass is 9.80. The van der Waals surface area contributed by atoms with Crippen LogP contribution in [0.5, 0.6) is 0 Å². The summed E-state index contributed by atoms with van der Waals surface area (Å²) in [6, 6.07) is 15.9. The Kier molecular flexibility index (Phi) is 3.09. The van der Waals surface area contributed by atoms with E-state index in [0.717, 1.165) is 11.3 Å².